The molecule has 0 radical (unpaired) electrons. The summed E-state index contributed by atoms with van der Waals surface area (Å²) in [6.07, 6.45) is 0.441. The molecule has 1 unspecified atom stereocenters. The lowest BCUT2D eigenvalue weighted by atomic mass is 10.1. The monoisotopic (exact) mass is 223 g/mol. The van der Waals surface area contributed by atoms with Crippen LogP contribution in [0, 0.1) is 0 Å². The molecular weight excluding hydrogens is 210 g/mol. The molecule has 0 aliphatic heterocycles. The largest absolute Gasteiger partial charge is 0.389 e. The van der Waals surface area contributed by atoms with Gasteiger partial charge in [-0.05, 0) is 31.0 Å². The Morgan fingerprint density at radius 1 is 1.47 bits per heavy atom. The van der Waals surface area contributed by atoms with E-state index in [0.717, 1.165) is 22.9 Å². The lowest BCUT2D eigenvalue weighted by Gasteiger charge is -2.04. The number of hydrogen-bond donors (Lipinski definition) is 2. The third kappa shape index (κ3) is 1.75. The van der Waals surface area contributed by atoms with Gasteiger partial charge in [-0.15, -0.1) is 0 Å². The smallest absolute Gasteiger partial charge is 0.113 e. The van der Waals surface area contributed by atoms with Crippen LogP contribution in [0.5, 0.6) is 0 Å². The topological polar surface area (TPSA) is 36.0 Å². The first-order chi connectivity index (χ1) is 7.13. The molecule has 0 bridgehead atoms. The molecule has 0 amide bonds. The van der Waals surface area contributed by atoms with E-state index in [1.54, 1.807) is 6.92 Å². The Kier molecular flexibility index (Phi) is 2.72. The van der Waals surface area contributed by atoms with E-state index in [2.05, 4.69) is 24.0 Å². The van der Waals surface area contributed by atoms with E-state index in [4.69, 9.17) is 11.6 Å². The van der Waals surface area contributed by atoms with Crippen molar-refractivity contribution in [1.29, 1.82) is 0 Å². The van der Waals surface area contributed by atoms with Crippen LogP contribution < -0.4 is 0 Å². The molecule has 15 heavy (non-hydrogen) atoms. The first-order valence-electron chi connectivity index (χ1n) is 5.11. The van der Waals surface area contributed by atoms with Crippen LogP contribution in [0.1, 0.15) is 31.1 Å². The first-order valence-corrected chi connectivity index (χ1v) is 5.49. The summed E-state index contributed by atoms with van der Waals surface area (Å²) in [7, 11) is 0. The molecule has 3 heteroatoms. The molecule has 1 heterocycles. The molecular formula is C12H14ClNO. The minimum absolute atomic E-state index is 0.535. The van der Waals surface area contributed by atoms with Gasteiger partial charge in [0.2, 0.25) is 0 Å². The van der Waals surface area contributed by atoms with Crippen molar-refractivity contribution in [3.8, 4) is 0 Å². The Balaban J connectivity index is 2.72. The predicted molar refractivity (Wildman–Crippen MR) is 63.3 cm³/mol. The van der Waals surface area contributed by atoms with Crippen LogP contribution in [0.15, 0.2) is 18.2 Å². The number of benzene rings is 1. The van der Waals surface area contributed by atoms with Gasteiger partial charge >= 0.3 is 0 Å². The van der Waals surface area contributed by atoms with Gasteiger partial charge in [-0.1, -0.05) is 24.6 Å². The van der Waals surface area contributed by atoms with E-state index in [1.807, 2.05) is 6.07 Å². The molecule has 2 N–H and O–H groups in total. The van der Waals surface area contributed by atoms with Crippen LogP contribution in [0.4, 0.5) is 0 Å². The number of aryl methyl sites for hydroxylation is 1. The molecule has 0 aliphatic rings. The Hall–Kier alpha value is -0.990. The summed E-state index contributed by atoms with van der Waals surface area (Å²) in [6, 6.07) is 6.16. The third-order valence-corrected chi connectivity index (χ3v) is 2.98. The minimum Gasteiger partial charge on any atom is -0.389 e. The Morgan fingerprint density at radius 2 is 2.20 bits per heavy atom. The highest BCUT2D eigenvalue weighted by atomic mass is 35.5. The van der Waals surface area contributed by atoms with Gasteiger partial charge in [0.15, 0.2) is 0 Å². The van der Waals surface area contributed by atoms with Crippen molar-refractivity contribution < 1.29 is 5.11 Å². The van der Waals surface area contributed by atoms with Crippen LogP contribution in [-0.2, 0) is 6.42 Å². The van der Waals surface area contributed by atoms with E-state index in [-0.39, 0.29) is 0 Å². The van der Waals surface area contributed by atoms with Crippen LogP contribution in [0.25, 0.3) is 10.9 Å². The summed E-state index contributed by atoms with van der Waals surface area (Å²) < 4.78 is 0. The maximum absolute atomic E-state index is 9.65. The second-order valence-corrected chi connectivity index (χ2v) is 4.14. The zero-order chi connectivity index (χ0) is 11.0. The van der Waals surface area contributed by atoms with Gasteiger partial charge < -0.3 is 10.1 Å². The number of aliphatic hydroxyl groups is 1. The van der Waals surface area contributed by atoms with Crippen molar-refractivity contribution in [3.63, 3.8) is 0 Å². The molecule has 2 rings (SSSR count). The number of aromatic amines is 1. The average Bonchev–Trinajstić information content (AvgIpc) is 2.52. The first kappa shape index (κ1) is 10.5. The van der Waals surface area contributed by atoms with Crippen molar-refractivity contribution in [1.82, 2.24) is 4.98 Å². The van der Waals surface area contributed by atoms with Crippen LogP contribution in [0.3, 0.4) is 0 Å². The molecule has 1 aromatic carbocycles. The molecule has 0 saturated carbocycles. The molecule has 2 aromatic rings. The van der Waals surface area contributed by atoms with Gasteiger partial charge in [0.1, 0.15) is 5.15 Å². The zero-order valence-electron chi connectivity index (χ0n) is 8.84. The van der Waals surface area contributed by atoms with E-state index in [1.165, 1.54) is 5.56 Å². The molecule has 2 nitrogen and oxygen atoms in total. The molecule has 1 aromatic heterocycles. The second-order valence-electron chi connectivity index (χ2n) is 3.76. The van der Waals surface area contributed by atoms with Crippen molar-refractivity contribution in [3.05, 3.63) is 34.5 Å². The highest BCUT2D eigenvalue weighted by Gasteiger charge is 2.14. The number of aromatic nitrogens is 1. The molecule has 80 valence electrons. The number of H-pyrrole nitrogens is 1. The van der Waals surface area contributed by atoms with Gasteiger partial charge in [0, 0.05) is 16.5 Å². The maximum atomic E-state index is 9.65. The van der Waals surface area contributed by atoms with Gasteiger partial charge in [-0.2, -0.15) is 0 Å². The Morgan fingerprint density at radius 3 is 2.80 bits per heavy atom. The summed E-state index contributed by atoms with van der Waals surface area (Å²) in [5.74, 6) is 0. The van der Waals surface area contributed by atoms with E-state index in [9.17, 15) is 5.11 Å². The highest BCUT2D eigenvalue weighted by Crippen LogP contribution is 2.31. The summed E-state index contributed by atoms with van der Waals surface area (Å²) in [6.45, 7) is 3.84. The van der Waals surface area contributed by atoms with Crippen molar-refractivity contribution in [2.75, 3.05) is 0 Å². The van der Waals surface area contributed by atoms with E-state index < -0.39 is 6.10 Å². The average molecular weight is 224 g/mol. The van der Waals surface area contributed by atoms with Crippen LogP contribution in [0.2, 0.25) is 5.15 Å². The quantitative estimate of drug-likeness (QED) is 0.804. The number of hydrogen-bond acceptors (Lipinski definition) is 1. The summed E-state index contributed by atoms with van der Waals surface area (Å²) in [5.41, 5.74) is 3.02. The van der Waals surface area contributed by atoms with Crippen molar-refractivity contribution >= 4 is 22.5 Å². The summed E-state index contributed by atoms with van der Waals surface area (Å²) >= 11 is 6.04. The summed E-state index contributed by atoms with van der Waals surface area (Å²) in [5, 5.41) is 11.2. The molecule has 0 saturated heterocycles. The fourth-order valence-corrected chi connectivity index (χ4v) is 2.22. The fourth-order valence-electron chi connectivity index (χ4n) is 1.86. The molecule has 0 fully saturated rings. The Labute approximate surface area is 93.9 Å². The second kappa shape index (κ2) is 3.87. The highest BCUT2D eigenvalue weighted by molar-refractivity contribution is 6.31. The number of fused-ring (bicyclic) bond motifs is 1. The van der Waals surface area contributed by atoms with Crippen LogP contribution in [-0.4, -0.2) is 10.1 Å². The van der Waals surface area contributed by atoms with Crippen LogP contribution >= 0.6 is 11.6 Å². The fraction of sp³-hybridized carbons (Fsp3) is 0.333. The van der Waals surface area contributed by atoms with Gasteiger partial charge in [0.25, 0.3) is 0 Å². The van der Waals surface area contributed by atoms with Gasteiger partial charge in [0.05, 0.1) is 6.10 Å². The summed E-state index contributed by atoms with van der Waals surface area (Å²) in [4.78, 5) is 3.07. The third-order valence-electron chi connectivity index (χ3n) is 2.68. The van der Waals surface area contributed by atoms with E-state index in [0.29, 0.717) is 5.15 Å². The maximum Gasteiger partial charge on any atom is 0.113 e. The number of nitrogens with one attached hydrogen (secondary N) is 1. The number of aliphatic hydroxyl groups excluding tert-OH is 1. The van der Waals surface area contributed by atoms with Gasteiger partial charge in [-0.25, -0.2) is 0 Å². The standard InChI is InChI=1S/C12H14ClNO/c1-3-8-4-5-10-9(6-8)11(7(2)15)12(13)14-10/h4-7,14-15H,3H2,1-2H3. The number of halogens is 1. The lowest BCUT2D eigenvalue weighted by molar-refractivity contribution is 0.201. The normalized spacial score (nSPS) is 13.3. The number of rotatable bonds is 2. The molecule has 1 atom stereocenters. The van der Waals surface area contributed by atoms with Crippen molar-refractivity contribution in [2.24, 2.45) is 0 Å². The zero-order valence-corrected chi connectivity index (χ0v) is 9.60. The predicted octanol–water partition coefficient (Wildman–Crippen LogP) is 3.44. The SMILES string of the molecule is CCc1ccc2[nH]c(Cl)c(C(C)O)c2c1. The Bertz CT molecular complexity index is 488. The lowest BCUT2D eigenvalue weighted by Crippen LogP contribution is -1.90. The molecule has 0 aliphatic carbocycles. The minimum atomic E-state index is -0.543. The van der Waals surface area contributed by atoms with Gasteiger partial charge in [-0.3, -0.25) is 0 Å². The van der Waals surface area contributed by atoms with E-state index >= 15 is 0 Å². The van der Waals surface area contributed by atoms with Crippen molar-refractivity contribution in [2.45, 2.75) is 26.4 Å². The molecule has 0 spiro atoms.